The van der Waals surface area contributed by atoms with Crippen LogP contribution in [0.3, 0.4) is 0 Å². The summed E-state index contributed by atoms with van der Waals surface area (Å²) in [5.41, 5.74) is 6.75. The van der Waals surface area contributed by atoms with Gasteiger partial charge < -0.3 is 15.2 Å². The van der Waals surface area contributed by atoms with Gasteiger partial charge in [-0.1, -0.05) is 0 Å². The SMILES string of the molecule is CCOc1ccc2c(c1)C[C@@H](CN)O2. The van der Waals surface area contributed by atoms with Gasteiger partial charge in [0.25, 0.3) is 0 Å². The maximum Gasteiger partial charge on any atom is 0.123 e. The number of fused-ring (bicyclic) bond motifs is 1. The second-order valence-electron chi connectivity index (χ2n) is 3.38. The third kappa shape index (κ3) is 1.68. The molecule has 3 heteroatoms. The lowest BCUT2D eigenvalue weighted by molar-refractivity contribution is 0.241. The zero-order valence-electron chi connectivity index (χ0n) is 8.32. The van der Waals surface area contributed by atoms with Crippen LogP contribution in [0.2, 0.25) is 0 Å². The maximum absolute atomic E-state index is 5.61. The van der Waals surface area contributed by atoms with Gasteiger partial charge in [0.1, 0.15) is 17.6 Å². The van der Waals surface area contributed by atoms with Gasteiger partial charge in [-0.15, -0.1) is 0 Å². The minimum atomic E-state index is 0.141. The van der Waals surface area contributed by atoms with Crippen LogP contribution in [0.25, 0.3) is 0 Å². The van der Waals surface area contributed by atoms with Gasteiger partial charge in [0.05, 0.1) is 6.61 Å². The minimum Gasteiger partial charge on any atom is -0.494 e. The summed E-state index contributed by atoms with van der Waals surface area (Å²) in [5, 5.41) is 0. The fourth-order valence-electron chi connectivity index (χ4n) is 1.68. The van der Waals surface area contributed by atoms with Gasteiger partial charge in [-0.05, 0) is 25.1 Å². The Labute approximate surface area is 83.8 Å². The van der Waals surface area contributed by atoms with Gasteiger partial charge in [0.15, 0.2) is 0 Å². The molecule has 0 bridgehead atoms. The molecule has 0 spiro atoms. The molecule has 0 fully saturated rings. The molecule has 0 amide bonds. The van der Waals surface area contributed by atoms with E-state index in [-0.39, 0.29) is 6.10 Å². The number of rotatable bonds is 3. The summed E-state index contributed by atoms with van der Waals surface area (Å²) >= 11 is 0. The Balaban J connectivity index is 2.17. The van der Waals surface area contributed by atoms with Crippen LogP contribution in [0.15, 0.2) is 18.2 Å². The first-order chi connectivity index (χ1) is 6.83. The third-order valence-electron chi connectivity index (χ3n) is 2.35. The Kier molecular flexibility index (Phi) is 2.59. The van der Waals surface area contributed by atoms with Crippen molar-refractivity contribution in [3.63, 3.8) is 0 Å². The summed E-state index contributed by atoms with van der Waals surface area (Å²) in [4.78, 5) is 0. The van der Waals surface area contributed by atoms with Crippen LogP contribution in [0, 0.1) is 0 Å². The first kappa shape index (κ1) is 9.34. The first-order valence-electron chi connectivity index (χ1n) is 4.96. The molecule has 0 radical (unpaired) electrons. The molecule has 1 atom stereocenters. The fourth-order valence-corrected chi connectivity index (χ4v) is 1.68. The van der Waals surface area contributed by atoms with E-state index in [4.69, 9.17) is 15.2 Å². The number of ether oxygens (including phenoxy) is 2. The zero-order valence-corrected chi connectivity index (χ0v) is 8.32. The van der Waals surface area contributed by atoms with Crippen molar-refractivity contribution in [3.8, 4) is 11.5 Å². The number of hydrogen-bond donors (Lipinski definition) is 1. The van der Waals surface area contributed by atoms with E-state index in [1.807, 2.05) is 25.1 Å². The normalized spacial score (nSPS) is 18.9. The molecule has 1 heterocycles. The predicted molar refractivity (Wildman–Crippen MR) is 54.8 cm³/mol. The van der Waals surface area contributed by atoms with E-state index in [1.54, 1.807) is 0 Å². The second-order valence-corrected chi connectivity index (χ2v) is 3.38. The van der Waals surface area contributed by atoms with Crippen molar-refractivity contribution in [2.45, 2.75) is 19.4 Å². The Hall–Kier alpha value is -1.22. The molecule has 2 N–H and O–H groups in total. The second kappa shape index (κ2) is 3.88. The molecule has 1 aliphatic heterocycles. The highest BCUT2D eigenvalue weighted by molar-refractivity contribution is 5.43. The molecule has 0 saturated heterocycles. The maximum atomic E-state index is 5.61. The van der Waals surface area contributed by atoms with Crippen LogP contribution < -0.4 is 15.2 Å². The summed E-state index contributed by atoms with van der Waals surface area (Å²) in [6.07, 6.45) is 1.04. The summed E-state index contributed by atoms with van der Waals surface area (Å²) < 4.78 is 11.0. The topological polar surface area (TPSA) is 44.5 Å². The van der Waals surface area contributed by atoms with Crippen molar-refractivity contribution in [3.05, 3.63) is 23.8 Å². The largest absolute Gasteiger partial charge is 0.494 e. The molecule has 1 aromatic rings. The molecule has 0 aromatic heterocycles. The Morgan fingerprint density at radius 3 is 3.14 bits per heavy atom. The van der Waals surface area contributed by atoms with Crippen molar-refractivity contribution < 1.29 is 9.47 Å². The fraction of sp³-hybridized carbons (Fsp3) is 0.455. The van der Waals surface area contributed by atoms with E-state index in [9.17, 15) is 0 Å². The molecule has 0 unspecified atom stereocenters. The Morgan fingerprint density at radius 1 is 1.57 bits per heavy atom. The van der Waals surface area contributed by atoms with E-state index >= 15 is 0 Å². The minimum absolute atomic E-state index is 0.141. The first-order valence-corrected chi connectivity index (χ1v) is 4.96. The molecule has 76 valence electrons. The van der Waals surface area contributed by atoms with Crippen molar-refractivity contribution in [1.29, 1.82) is 0 Å². The highest BCUT2D eigenvalue weighted by Crippen LogP contribution is 2.31. The Bertz CT molecular complexity index is 325. The van der Waals surface area contributed by atoms with Crippen LogP contribution in [-0.4, -0.2) is 19.3 Å². The van der Waals surface area contributed by atoms with Crippen LogP contribution >= 0.6 is 0 Å². The van der Waals surface area contributed by atoms with Crippen LogP contribution in [-0.2, 0) is 6.42 Å². The molecular formula is C11H15NO2. The smallest absolute Gasteiger partial charge is 0.123 e. The van der Waals surface area contributed by atoms with Crippen LogP contribution in [0.4, 0.5) is 0 Å². The van der Waals surface area contributed by atoms with Gasteiger partial charge in [-0.3, -0.25) is 0 Å². The van der Waals surface area contributed by atoms with Crippen molar-refractivity contribution in [1.82, 2.24) is 0 Å². The van der Waals surface area contributed by atoms with Gasteiger partial charge >= 0.3 is 0 Å². The average Bonchev–Trinajstić information content (AvgIpc) is 2.60. The van der Waals surface area contributed by atoms with E-state index in [1.165, 1.54) is 5.56 Å². The molecule has 3 nitrogen and oxygen atoms in total. The lowest BCUT2D eigenvalue weighted by Crippen LogP contribution is -2.24. The van der Waals surface area contributed by atoms with E-state index in [0.717, 1.165) is 17.9 Å². The van der Waals surface area contributed by atoms with Crippen molar-refractivity contribution in [2.75, 3.05) is 13.2 Å². The van der Waals surface area contributed by atoms with E-state index in [0.29, 0.717) is 13.2 Å². The van der Waals surface area contributed by atoms with Gasteiger partial charge in [-0.25, -0.2) is 0 Å². The standard InChI is InChI=1S/C11H15NO2/c1-2-13-9-3-4-11-8(5-9)6-10(7-12)14-11/h3-5,10H,2,6-7,12H2,1H3/t10-/m0/s1. The summed E-state index contributed by atoms with van der Waals surface area (Å²) in [7, 11) is 0. The van der Waals surface area contributed by atoms with Crippen molar-refractivity contribution in [2.24, 2.45) is 5.73 Å². The molecular weight excluding hydrogens is 178 g/mol. The molecule has 14 heavy (non-hydrogen) atoms. The molecule has 2 rings (SSSR count). The number of hydrogen-bond acceptors (Lipinski definition) is 3. The lowest BCUT2D eigenvalue weighted by atomic mass is 10.1. The van der Waals surface area contributed by atoms with Crippen LogP contribution in [0.5, 0.6) is 11.5 Å². The summed E-state index contributed by atoms with van der Waals surface area (Å²) in [6.45, 7) is 3.24. The highest BCUT2D eigenvalue weighted by Gasteiger charge is 2.21. The van der Waals surface area contributed by atoms with E-state index < -0.39 is 0 Å². The molecule has 0 aliphatic carbocycles. The number of benzene rings is 1. The van der Waals surface area contributed by atoms with Gasteiger partial charge in [0.2, 0.25) is 0 Å². The number of nitrogens with two attached hydrogens (primary N) is 1. The predicted octanol–water partition coefficient (Wildman–Crippen LogP) is 1.35. The van der Waals surface area contributed by atoms with Gasteiger partial charge in [-0.2, -0.15) is 0 Å². The zero-order chi connectivity index (χ0) is 9.97. The van der Waals surface area contributed by atoms with E-state index in [2.05, 4.69) is 0 Å². The summed E-state index contributed by atoms with van der Waals surface area (Å²) in [5.74, 6) is 1.86. The molecule has 1 aromatic carbocycles. The third-order valence-corrected chi connectivity index (χ3v) is 2.35. The van der Waals surface area contributed by atoms with Gasteiger partial charge in [0, 0.05) is 18.5 Å². The van der Waals surface area contributed by atoms with Crippen LogP contribution in [0.1, 0.15) is 12.5 Å². The Morgan fingerprint density at radius 2 is 2.43 bits per heavy atom. The quantitative estimate of drug-likeness (QED) is 0.788. The lowest BCUT2D eigenvalue weighted by Gasteiger charge is -2.06. The average molecular weight is 193 g/mol. The molecule has 1 aliphatic rings. The monoisotopic (exact) mass is 193 g/mol. The molecule has 0 saturated carbocycles. The summed E-state index contributed by atoms with van der Waals surface area (Å²) in [6, 6.07) is 5.92. The highest BCUT2D eigenvalue weighted by atomic mass is 16.5. The van der Waals surface area contributed by atoms with Crippen molar-refractivity contribution >= 4 is 0 Å².